The maximum Gasteiger partial charge on any atom is 0.123 e. The molecular formula is C13H9NS. The van der Waals surface area contributed by atoms with Gasteiger partial charge in [0.05, 0.1) is 5.69 Å². The zero-order valence-corrected chi connectivity index (χ0v) is 8.87. The van der Waals surface area contributed by atoms with Crippen LogP contribution in [0, 0.1) is 0 Å². The number of fused-ring (bicyclic) bond motifs is 1. The van der Waals surface area contributed by atoms with Gasteiger partial charge in [-0.2, -0.15) is 0 Å². The van der Waals surface area contributed by atoms with Crippen molar-refractivity contribution in [3.63, 3.8) is 0 Å². The van der Waals surface area contributed by atoms with Crippen molar-refractivity contribution >= 4 is 21.6 Å². The highest BCUT2D eigenvalue weighted by Crippen LogP contribution is 2.23. The zero-order chi connectivity index (χ0) is 10.1. The van der Waals surface area contributed by atoms with Crippen LogP contribution < -0.4 is 0 Å². The SMILES string of the molecule is c1ccc(-c2ccc3ccsc3n2)cc1. The Hall–Kier alpha value is -1.67. The molecule has 0 saturated heterocycles. The van der Waals surface area contributed by atoms with Gasteiger partial charge in [-0.1, -0.05) is 30.3 Å². The van der Waals surface area contributed by atoms with Crippen molar-refractivity contribution in [2.24, 2.45) is 0 Å². The van der Waals surface area contributed by atoms with E-state index in [1.54, 1.807) is 11.3 Å². The van der Waals surface area contributed by atoms with Crippen LogP contribution in [-0.2, 0) is 0 Å². The number of pyridine rings is 1. The minimum atomic E-state index is 1.05. The Morgan fingerprint density at radius 2 is 1.73 bits per heavy atom. The van der Waals surface area contributed by atoms with E-state index in [9.17, 15) is 0 Å². The highest BCUT2D eigenvalue weighted by atomic mass is 32.1. The molecule has 0 bridgehead atoms. The van der Waals surface area contributed by atoms with Crippen molar-refractivity contribution in [1.82, 2.24) is 4.98 Å². The van der Waals surface area contributed by atoms with Crippen LogP contribution in [-0.4, -0.2) is 4.98 Å². The molecule has 0 aliphatic rings. The zero-order valence-electron chi connectivity index (χ0n) is 8.05. The number of benzene rings is 1. The van der Waals surface area contributed by atoms with Gasteiger partial charge in [-0.15, -0.1) is 11.3 Å². The molecule has 0 aliphatic carbocycles. The number of hydrogen-bond donors (Lipinski definition) is 0. The van der Waals surface area contributed by atoms with Crippen molar-refractivity contribution in [3.8, 4) is 11.3 Å². The first-order valence-corrected chi connectivity index (χ1v) is 5.71. The molecule has 0 saturated carbocycles. The van der Waals surface area contributed by atoms with E-state index in [-0.39, 0.29) is 0 Å². The molecule has 0 aliphatic heterocycles. The molecule has 0 N–H and O–H groups in total. The van der Waals surface area contributed by atoms with E-state index >= 15 is 0 Å². The second kappa shape index (κ2) is 3.48. The normalized spacial score (nSPS) is 10.7. The molecule has 0 radical (unpaired) electrons. The summed E-state index contributed by atoms with van der Waals surface area (Å²) in [6.07, 6.45) is 0. The number of thiophene rings is 1. The first kappa shape index (κ1) is 8.62. The summed E-state index contributed by atoms with van der Waals surface area (Å²) in [4.78, 5) is 5.73. The third-order valence-electron chi connectivity index (χ3n) is 2.39. The summed E-state index contributed by atoms with van der Waals surface area (Å²) in [5.74, 6) is 0. The Bertz CT molecular complexity index is 584. The average molecular weight is 211 g/mol. The summed E-state index contributed by atoms with van der Waals surface area (Å²) in [6, 6.07) is 16.6. The predicted molar refractivity (Wildman–Crippen MR) is 65.1 cm³/mol. The van der Waals surface area contributed by atoms with Gasteiger partial charge in [0, 0.05) is 10.9 Å². The first-order chi connectivity index (χ1) is 7.43. The van der Waals surface area contributed by atoms with E-state index in [1.165, 1.54) is 10.9 Å². The molecule has 15 heavy (non-hydrogen) atoms. The fraction of sp³-hybridized carbons (Fsp3) is 0. The largest absolute Gasteiger partial charge is 0.237 e. The van der Waals surface area contributed by atoms with Crippen LogP contribution in [0.1, 0.15) is 0 Å². The van der Waals surface area contributed by atoms with Gasteiger partial charge in [0.1, 0.15) is 4.83 Å². The van der Waals surface area contributed by atoms with E-state index < -0.39 is 0 Å². The van der Waals surface area contributed by atoms with E-state index in [2.05, 4.69) is 40.7 Å². The summed E-state index contributed by atoms with van der Waals surface area (Å²) in [7, 11) is 0. The minimum Gasteiger partial charge on any atom is -0.237 e. The summed E-state index contributed by atoms with van der Waals surface area (Å²) < 4.78 is 0. The van der Waals surface area contributed by atoms with Crippen LogP contribution in [0.4, 0.5) is 0 Å². The van der Waals surface area contributed by atoms with Crippen molar-refractivity contribution in [2.45, 2.75) is 0 Å². The van der Waals surface area contributed by atoms with Gasteiger partial charge in [-0.3, -0.25) is 0 Å². The van der Waals surface area contributed by atoms with Crippen LogP contribution in [0.2, 0.25) is 0 Å². The Balaban J connectivity index is 2.19. The Morgan fingerprint density at radius 3 is 2.60 bits per heavy atom. The summed E-state index contributed by atoms with van der Waals surface area (Å²) in [6.45, 7) is 0. The molecule has 0 amide bonds. The summed E-state index contributed by atoms with van der Waals surface area (Å²) in [5, 5.41) is 3.30. The maximum absolute atomic E-state index is 4.62. The second-order valence-corrected chi connectivity index (χ2v) is 4.27. The number of aromatic nitrogens is 1. The van der Waals surface area contributed by atoms with Gasteiger partial charge in [-0.25, -0.2) is 4.98 Å². The molecule has 0 atom stereocenters. The molecule has 1 aromatic carbocycles. The molecule has 2 aromatic heterocycles. The summed E-state index contributed by atoms with van der Waals surface area (Å²) >= 11 is 1.69. The minimum absolute atomic E-state index is 1.05. The fourth-order valence-electron chi connectivity index (χ4n) is 1.61. The lowest BCUT2D eigenvalue weighted by atomic mass is 10.1. The Kier molecular flexibility index (Phi) is 2.00. The lowest BCUT2D eigenvalue weighted by Gasteiger charge is -1.99. The monoisotopic (exact) mass is 211 g/mol. The van der Waals surface area contributed by atoms with E-state index in [1.807, 2.05) is 18.2 Å². The van der Waals surface area contributed by atoms with Crippen LogP contribution in [0.25, 0.3) is 21.5 Å². The van der Waals surface area contributed by atoms with E-state index in [0.717, 1.165) is 10.5 Å². The van der Waals surface area contributed by atoms with Gasteiger partial charge >= 0.3 is 0 Å². The van der Waals surface area contributed by atoms with Crippen molar-refractivity contribution in [2.75, 3.05) is 0 Å². The van der Waals surface area contributed by atoms with E-state index in [0.29, 0.717) is 0 Å². The van der Waals surface area contributed by atoms with Gasteiger partial charge < -0.3 is 0 Å². The smallest absolute Gasteiger partial charge is 0.123 e. The molecule has 2 heteroatoms. The van der Waals surface area contributed by atoms with Crippen molar-refractivity contribution in [3.05, 3.63) is 53.9 Å². The molecule has 1 nitrogen and oxygen atoms in total. The molecule has 0 spiro atoms. The van der Waals surface area contributed by atoms with Gasteiger partial charge in [-0.05, 0) is 23.6 Å². The molecule has 0 unspecified atom stereocenters. The summed E-state index contributed by atoms with van der Waals surface area (Å²) in [5.41, 5.74) is 2.22. The van der Waals surface area contributed by atoms with Crippen molar-refractivity contribution < 1.29 is 0 Å². The van der Waals surface area contributed by atoms with Gasteiger partial charge in [0.15, 0.2) is 0 Å². The highest BCUT2D eigenvalue weighted by Gasteiger charge is 2.00. The number of hydrogen-bond acceptors (Lipinski definition) is 2. The first-order valence-electron chi connectivity index (χ1n) is 4.83. The standard InChI is InChI=1S/C13H9NS/c1-2-4-10(5-3-1)12-7-6-11-8-9-15-13(11)14-12/h1-9H. The second-order valence-electron chi connectivity index (χ2n) is 3.38. The van der Waals surface area contributed by atoms with Crippen LogP contribution in [0.3, 0.4) is 0 Å². The third-order valence-corrected chi connectivity index (χ3v) is 3.21. The number of rotatable bonds is 1. The lowest BCUT2D eigenvalue weighted by Crippen LogP contribution is -1.81. The molecule has 72 valence electrons. The molecule has 2 heterocycles. The predicted octanol–water partition coefficient (Wildman–Crippen LogP) is 3.96. The quantitative estimate of drug-likeness (QED) is 0.593. The Labute approximate surface area is 92.0 Å². The van der Waals surface area contributed by atoms with Gasteiger partial charge in [0.2, 0.25) is 0 Å². The highest BCUT2D eigenvalue weighted by molar-refractivity contribution is 7.16. The van der Waals surface area contributed by atoms with Crippen LogP contribution in [0.15, 0.2) is 53.9 Å². The molecule has 0 fully saturated rings. The fourth-order valence-corrected chi connectivity index (χ4v) is 2.38. The molecular weight excluding hydrogens is 202 g/mol. The van der Waals surface area contributed by atoms with Crippen LogP contribution in [0.5, 0.6) is 0 Å². The van der Waals surface area contributed by atoms with Gasteiger partial charge in [0.25, 0.3) is 0 Å². The third kappa shape index (κ3) is 1.53. The Morgan fingerprint density at radius 1 is 0.867 bits per heavy atom. The topological polar surface area (TPSA) is 12.9 Å². The van der Waals surface area contributed by atoms with Crippen molar-refractivity contribution in [1.29, 1.82) is 0 Å². The molecule has 3 rings (SSSR count). The maximum atomic E-state index is 4.62. The molecule has 3 aromatic rings. The van der Waals surface area contributed by atoms with Crippen LogP contribution >= 0.6 is 11.3 Å². The number of nitrogens with zero attached hydrogens (tertiary/aromatic N) is 1. The lowest BCUT2D eigenvalue weighted by molar-refractivity contribution is 1.43. The van der Waals surface area contributed by atoms with E-state index in [4.69, 9.17) is 0 Å². The average Bonchev–Trinajstić information content (AvgIpc) is 2.77.